The largest absolute Gasteiger partial charge is 0.341 e. The van der Waals surface area contributed by atoms with Crippen molar-refractivity contribution in [1.82, 2.24) is 14.5 Å². The van der Waals surface area contributed by atoms with Crippen LogP contribution in [0.3, 0.4) is 0 Å². The number of halogens is 1. The first-order valence-electron chi connectivity index (χ1n) is 6.35. The molecule has 0 aliphatic carbocycles. The van der Waals surface area contributed by atoms with E-state index in [1.54, 1.807) is 4.90 Å². The zero-order valence-electron chi connectivity index (χ0n) is 10.5. The van der Waals surface area contributed by atoms with Gasteiger partial charge in [-0.05, 0) is 28.8 Å². The predicted molar refractivity (Wildman–Crippen MR) is 74.1 cm³/mol. The summed E-state index contributed by atoms with van der Waals surface area (Å²) in [5.41, 5.74) is -1.04. The highest BCUT2D eigenvalue weighted by atomic mass is 79.9. The van der Waals surface area contributed by atoms with E-state index in [-0.39, 0.29) is 16.9 Å². The highest BCUT2D eigenvalue weighted by molar-refractivity contribution is 9.10. The van der Waals surface area contributed by atoms with E-state index in [0.717, 1.165) is 38.8 Å². The maximum atomic E-state index is 12.1. The molecule has 0 bridgehead atoms. The number of amides is 1. The minimum absolute atomic E-state index is 0.0335. The van der Waals surface area contributed by atoms with Crippen LogP contribution in [0.4, 0.5) is 0 Å². The van der Waals surface area contributed by atoms with Crippen molar-refractivity contribution in [1.29, 1.82) is 0 Å². The van der Waals surface area contributed by atoms with Crippen molar-refractivity contribution in [2.24, 2.45) is 0 Å². The third-order valence-corrected chi connectivity index (χ3v) is 3.80. The van der Waals surface area contributed by atoms with Crippen molar-refractivity contribution >= 4 is 21.8 Å². The molecule has 19 heavy (non-hydrogen) atoms. The first-order valence-corrected chi connectivity index (χ1v) is 7.14. The average Bonchev–Trinajstić information content (AvgIpc) is 2.64. The summed E-state index contributed by atoms with van der Waals surface area (Å²) in [4.78, 5) is 38.9. The van der Waals surface area contributed by atoms with Crippen LogP contribution >= 0.6 is 15.9 Å². The standard InChI is InChI=1S/C12H16BrN3O3/c13-9-7-16(12(19)14-11(9)18)8-10(17)15-5-3-1-2-4-6-15/h7H,1-6,8H2,(H,14,18,19). The van der Waals surface area contributed by atoms with E-state index in [1.807, 2.05) is 0 Å². The third kappa shape index (κ3) is 3.56. The van der Waals surface area contributed by atoms with Crippen LogP contribution in [-0.4, -0.2) is 33.4 Å². The van der Waals surface area contributed by atoms with E-state index in [9.17, 15) is 14.4 Å². The van der Waals surface area contributed by atoms with Gasteiger partial charge in [-0.3, -0.25) is 19.1 Å². The van der Waals surface area contributed by atoms with Gasteiger partial charge in [-0.2, -0.15) is 0 Å². The van der Waals surface area contributed by atoms with E-state index in [0.29, 0.717) is 0 Å². The molecular formula is C12H16BrN3O3. The zero-order chi connectivity index (χ0) is 13.8. The first kappa shape index (κ1) is 14.0. The monoisotopic (exact) mass is 329 g/mol. The Kier molecular flexibility index (Phi) is 4.57. The van der Waals surface area contributed by atoms with Crippen molar-refractivity contribution in [2.45, 2.75) is 32.2 Å². The molecule has 2 rings (SSSR count). The van der Waals surface area contributed by atoms with Gasteiger partial charge in [0.15, 0.2) is 0 Å². The Morgan fingerprint density at radius 1 is 1.21 bits per heavy atom. The molecule has 1 N–H and O–H groups in total. The molecule has 2 heterocycles. The number of likely N-dealkylation sites (tertiary alicyclic amines) is 1. The van der Waals surface area contributed by atoms with Crippen LogP contribution < -0.4 is 11.2 Å². The SMILES string of the molecule is O=C(Cn1cc(Br)c(=O)[nH]c1=O)N1CCCCCC1. The topological polar surface area (TPSA) is 75.2 Å². The highest BCUT2D eigenvalue weighted by Gasteiger charge is 2.16. The van der Waals surface area contributed by atoms with E-state index < -0.39 is 11.2 Å². The number of carbonyl (C=O) groups is 1. The Morgan fingerprint density at radius 3 is 2.47 bits per heavy atom. The fourth-order valence-corrected chi connectivity index (χ4v) is 2.51. The fourth-order valence-electron chi connectivity index (χ4n) is 2.17. The van der Waals surface area contributed by atoms with Gasteiger partial charge in [-0.15, -0.1) is 0 Å². The van der Waals surface area contributed by atoms with E-state index in [4.69, 9.17) is 0 Å². The summed E-state index contributed by atoms with van der Waals surface area (Å²) in [5, 5.41) is 0. The summed E-state index contributed by atoms with van der Waals surface area (Å²) < 4.78 is 1.47. The minimum Gasteiger partial charge on any atom is -0.341 e. The summed E-state index contributed by atoms with van der Waals surface area (Å²) >= 11 is 3.05. The van der Waals surface area contributed by atoms with Gasteiger partial charge in [0.2, 0.25) is 5.91 Å². The maximum Gasteiger partial charge on any atom is 0.328 e. The minimum atomic E-state index is -0.559. The Bertz CT molecular complexity index is 570. The molecule has 1 aliphatic heterocycles. The number of nitrogens with zero attached hydrogens (tertiary/aromatic N) is 2. The molecule has 7 heteroatoms. The van der Waals surface area contributed by atoms with Crippen LogP contribution in [0.1, 0.15) is 25.7 Å². The summed E-state index contributed by atoms with van der Waals surface area (Å²) in [7, 11) is 0. The molecule has 1 aromatic heterocycles. The summed E-state index contributed by atoms with van der Waals surface area (Å²) in [6, 6.07) is 0. The quantitative estimate of drug-likeness (QED) is 0.867. The van der Waals surface area contributed by atoms with Crippen LogP contribution in [0.2, 0.25) is 0 Å². The molecule has 0 unspecified atom stereocenters. The number of H-pyrrole nitrogens is 1. The first-order chi connectivity index (χ1) is 9.08. The van der Waals surface area contributed by atoms with Gasteiger partial charge in [-0.1, -0.05) is 12.8 Å². The molecule has 0 saturated carbocycles. The Balaban J connectivity index is 2.12. The smallest absolute Gasteiger partial charge is 0.328 e. The van der Waals surface area contributed by atoms with E-state index in [1.165, 1.54) is 10.8 Å². The summed E-state index contributed by atoms with van der Waals surface area (Å²) in [5.74, 6) is -0.0806. The van der Waals surface area contributed by atoms with Crippen molar-refractivity contribution in [2.75, 3.05) is 13.1 Å². The number of hydrogen-bond acceptors (Lipinski definition) is 3. The molecule has 1 saturated heterocycles. The van der Waals surface area contributed by atoms with Crippen LogP contribution in [0.25, 0.3) is 0 Å². The number of nitrogens with one attached hydrogen (secondary N) is 1. The molecule has 0 aromatic carbocycles. The van der Waals surface area contributed by atoms with Gasteiger partial charge in [0, 0.05) is 19.3 Å². The fraction of sp³-hybridized carbons (Fsp3) is 0.583. The van der Waals surface area contributed by atoms with Crippen LogP contribution in [-0.2, 0) is 11.3 Å². The maximum absolute atomic E-state index is 12.1. The average molecular weight is 330 g/mol. The molecule has 0 spiro atoms. The molecule has 1 fully saturated rings. The number of aromatic nitrogens is 2. The normalized spacial score (nSPS) is 16.2. The third-order valence-electron chi connectivity index (χ3n) is 3.23. The molecule has 6 nitrogen and oxygen atoms in total. The highest BCUT2D eigenvalue weighted by Crippen LogP contribution is 2.10. The Labute approximate surface area is 118 Å². The van der Waals surface area contributed by atoms with Crippen LogP contribution in [0.15, 0.2) is 20.3 Å². The van der Waals surface area contributed by atoms with Gasteiger partial charge in [-0.25, -0.2) is 4.79 Å². The molecule has 1 aromatic rings. The lowest BCUT2D eigenvalue weighted by molar-refractivity contribution is -0.131. The second-order valence-corrected chi connectivity index (χ2v) is 5.51. The van der Waals surface area contributed by atoms with Crippen molar-refractivity contribution in [3.05, 3.63) is 31.5 Å². The lowest BCUT2D eigenvalue weighted by atomic mass is 10.2. The number of rotatable bonds is 2. The Hall–Kier alpha value is -1.37. The van der Waals surface area contributed by atoms with Crippen molar-refractivity contribution in [3.63, 3.8) is 0 Å². The van der Waals surface area contributed by atoms with Gasteiger partial charge in [0.05, 0.1) is 4.47 Å². The predicted octanol–water partition coefficient (Wildman–Crippen LogP) is 0.702. The molecule has 1 amide bonds. The van der Waals surface area contributed by atoms with Crippen molar-refractivity contribution < 1.29 is 4.79 Å². The van der Waals surface area contributed by atoms with Crippen LogP contribution in [0.5, 0.6) is 0 Å². The zero-order valence-corrected chi connectivity index (χ0v) is 12.1. The molecule has 104 valence electrons. The molecule has 0 atom stereocenters. The van der Waals surface area contributed by atoms with E-state index >= 15 is 0 Å². The lowest BCUT2D eigenvalue weighted by Gasteiger charge is -2.20. The summed E-state index contributed by atoms with van der Waals surface area (Å²) in [6.45, 7) is 1.46. The van der Waals surface area contributed by atoms with E-state index in [2.05, 4.69) is 20.9 Å². The number of carbonyl (C=O) groups excluding carboxylic acids is 1. The van der Waals surface area contributed by atoms with Crippen molar-refractivity contribution in [3.8, 4) is 0 Å². The van der Waals surface area contributed by atoms with Crippen LogP contribution in [0, 0.1) is 0 Å². The second kappa shape index (κ2) is 6.18. The summed E-state index contributed by atoms with van der Waals surface area (Å²) in [6.07, 6.45) is 5.67. The van der Waals surface area contributed by atoms with Gasteiger partial charge < -0.3 is 4.90 Å². The molecule has 1 aliphatic rings. The molecule has 0 radical (unpaired) electrons. The second-order valence-electron chi connectivity index (χ2n) is 4.66. The number of hydrogen-bond donors (Lipinski definition) is 1. The number of aromatic amines is 1. The Morgan fingerprint density at radius 2 is 1.84 bits per heavy atom. The molecular weight excluding hydrogens is 314 g/mol. The lowest BCUT2D eigenvalue weighted by Crippen LogP contribution is -2.39. The van der Waals surface area contributed by atoms with Gasteiger partial charge >= 0.3 is 5.69 Å². The van der Waals surface area contributed by atoms with Gasteiger partial charge in [0.25, 0.3) is 5.56 Å². The van der Waals surface area contributed by atoms with Gasteiger partial charge in [0.1, 0.15) is 6.54 Å².